The fraction of sp³-hybridized carbons (Fsp3) is 0.156. The van der Waals surface area contributed by atoms with E-state index in [4.69, 9.17) is 9.47 Å². The van der Waals surface area contributed by atoms with E-state index in [-0.39, 0.29) is 30.5 Å². The van der Waals surface area contributed by atoms with Crippen LogP contribution in [0.3, 0.4) is 0 Å². The second kappa shape index (κ2) is 11.3. The standard InChI is InChI=1S/C32H28N2O6/c1-20-6-13-27(14-7-20)40-32(38)24-17-30(36)34(19-24)25-10-15-29(39-2)28(18-25)33-31(37)23-5-3-4-22(16-23)21-8-11-26(35)12-9-21/h3-16,18,24,35H,17,19H2,1-2H3,(H,33,37). The minimum atomic E-state index is -0.614. The van der Waals surface area contributed by atoms with Crippen LogP contribution in [0, 0.1) is 12.8 Å². The maximum Gasteiger partial charge on any atom is 0.316 e. The molecule has 1 aliphatic rings. The van der Waals surface area contributed by atoms with Gasteiger partial charge in [0, 0.05) is 24.2 Å². The first-order valence-corrected chi connectivity index (χ1v) is 12.8. The Bertz CT molecular complexity index is 1560. The first-order valence-electron chi connectivity index (χ1n) is 12.8. The van der Waals surface area contributed by atoms with Gasteiger partial charge in [-0.25, -0.2) is 0 Å². The van der Waals surface area contributed by atoms with E-state index in [1.54, 1.807) is 72.8 Å². The van der Waals surface area contributed by atoms with E-state index in [9.17, 15) is 19.5 Å². The highest BCUT2D eigenvalue weighted by Crippen LogP contribution is 2.34. The van der Waals surface area contributed by atoms with Crippen LogP contribution in [0.5, 0.6) is 17.2 Å². The minimum Gasteiger partial charge on any atom is -0.508 e. The molecule has 0 aliphatic carbocycles. The van der Waals surface area contributed by atoms with E-state index in [1.165, 1.54) is 12.0 Å². The predicted molar refractivity (Wildman–Crippen MR) is 152 cm³/mol. The fourth-order valence-corrected chi connectivity index (χ4v) is 4.57. The summed E-state index contributed by atoms with van der Waals surface area (Å²) in [4.78, 5) is 40.3. The molecule has 2 N–H and O–H groups in total. The molecule has 4 aromatic carbocycles. The highest BCUT2D eigenvalue weighted by atomic mass is 16.5. The van der Waals surface area contributed by atoms with Gasteiger partial charge in [0.2, 0.25) is 5.91 Å². The summed E-state index contributed by atoms with van der Waals surface area (Å²) < 4.78 is 10.9. The topological polar surface area (TPSA) is 105 Å². The Kier molecular flexibility index (Phi) is 7.50. The van der Waals surface area contributed by atoms with Crippen molar-refractivity contribution in [2.24, 2.45) is 5.92 Å². The molecular formula is C32H28N2O6. The minimum absolute atomic E-state index is 0.0302. The Morgan fingerprint density at radius 1 is 0.925 bits per heavy atom. The molecule has 8 heteroatoms. The van der Waals surface area contributed by atoms with E-state index in [1.807, 2.05) is 25.1 Å². The van der Waals surface area contributed by atoms with E-state index < -0.39 is 11.9 Å². The van der Waals surface area contributed by atoms with Gasteiger partial charge < -0.3 is 24.8 Å². The number of nitrogens with zero attached hydrogens (tertiary/aromatic N) is 1. The second-order valence-corrected chi connectivity index (χ2v) is 9.61. The average molecular weight is 537 g/mol. The van der Waals surface area contributed by atoms with Gasteiger partial charge in [-0.1, -0.05) is 42.0 Å². The highest BCUT2D eigenvalue weighted by molar-refractivity contribution is 6.06. The van der Waals surface area contributed by atoms with Crippen LogP contribution in [0.2, 0.25) is 0 Å². The first-order chi connectivity index (χ1) is 19.3. The van der Waals surface area contributed by atoms with Crippen LogP contribution >= 0.6 is 0 Å². The lowest BCUT2D eigenvalue weighted by Crippen LogP contribution is -2.27. The molecule has 0 spiro atoms. The Labute approximate surface area is 231 Å². The molecule has 0 radical (unpaired) electrons. The number of phenols is 1. The van der Waals surface area contributed by atoms with Crippen molar-refractivity contribution in [2.45, 2.75) is 13.3 Å². The van der Waals surface area contributed by atoms with Crippen LogP contribution < -0.4 is 19.7 Å². The largest absolute Gasteiger partial charge is 0.508 e. The third kappa shape index (κ3) is 5.81. The first kappa shape index (κ1) is 26.5. The molecule has 1 fully saturated rings. The monoisotopic (exact) mass is 536 g/mol. The van der Waals surface area contributed by atoms with Crippen molar-refractivity contribution in [3.63, 3.8) is 0 Å². The van der Waals surface area contributed by atoms with Crippen molar-refractivity contribution in [3.8, 4) is 28.4 Å². The number of rotatable bonds is 7. The quantitative estimate of drug-likeness (QED) is 0.236. The van der Waals surface area contributed by atoms with Crippen LogP contribution in [0.25, 0.3) is 11.1 Å². The smallest absolute Gasteiger partial charge is 0.316 e. The normalized spacial score (nSPS) is 14.6. The molecule has 0 saturated carbocycles. The molecule has 1 saturated heterocycles. The highest BCUT2D eigenvalue weighted by Gasteiger charge is 2.36. The molecule has 1 aliphatic heterocycles. The van der Waals surface area contributed by atoms with E-state index >= 15 is 0 Å². The molecule has 5 rings (SSSR count). The molecule has 1 heterocycles. The van der Waals surface area contributed by atoms with Crippen molar-refractivity contribution in [1.82, 2.24) is 0 Å². The molecule has 0 bridgehead atoms. The molecule has 8 nitrogen and oxygen atoms in total. The molecule has 40 heavy (non-hydrogen) atoms. The zero-order valence-electron chi connectivity index (χ0n) is 22.1. The molecule has 1 unspecified atom stereocenters. The van der Waals surface area contributed by atoms with E-state index in [0.29, 0.717) is 28.4 Å². The van der Waals surface area contributed by atoms with Gasteiger partial charge in [-0.3, -0.25) is 14.4 Å². The molecule has 1 atom stereocenters. The maximum atomic E-state index is 13.2. The average Bonchev–Trinajstić information content (AvgIpc) is 3.36. The van der Waals surface area contributed by atoms with Gasteiger partial charge in [0.05, 0.1) is 18.7 Å². The number of carbonyl (C=O) groups excluding carboxylic acids is 3. The molecule has 202 valence electrons. The Balaban J connectivity index is 1.32. The molecule has 2 amide bonds. The van der Waals surface area contributed by atoms with Crippen LogP contribution in [0.1, 0.15) is 22.3 Å². The number of anilines is 2. The predicted octanol–water partition coefficient (Wildman–Crippen LogP) is 5.59. The van der Waals surface area contributed by atoms with Gasteiger partial charge in [0.25, 0.3) is 5.91 Å². The zero-order valence-corrected chi connectivity index (χ0v) is 22.1. The third-order valence-corrected chi connectivity index (χ3v) is 6.77. The number of aryl methyl sites for hydroxylation is 1. The Morgan fingerprint density at radius 3 is 2.40 bits per heavy atom. The van der Waals surface area contributed by atoms with Gasteiger partial charge in [0.1, 0.15) is 17.2 Å². The number of aromatic hydroxyl groups is 1. The van der Waals surface area contributed by atoms with Crippen molar-refractivity contribution < 1.29 is 29.0 Å². The number of benzene rings is 4. The van der Waals surface area contributed by atoms with E-state index in [2.05, 4.69) is 5.32 Å². The van der Waals surface area contributed by atoms with Crippen LogP contribution in [-0.2, 0) is 9.59 Å². The summed E-state index contributed by atoms with van der Waals surface area (Å²) in [5, 5.41) is 12.4. The number of nitrogens with one attached hydrogen (secondary N) is 1. The number of hydrogen-bond donors (Lipinski definition) is 2. The zero-order chi connectivity index (χ0) is 28.2. The number of esters is 1. The fourth-order valence-electron chi connectivity index (χ4n) is 4.57. The van der Waals surface area contributed by atoms with Crippen molar-refractivity contribution in [2.75, 3.05) is 23.9 Å². The van der Waals surface area contributed by atoms with Gasteiger partial charge in [-0.15, -0.1) is 0 Å². The second-order valence-electron chi connectivity index (χ2n) is 9.61. The Morgan fingerprint density at radius 2 is 1.68 bits per heavy atom. The number of ether oxygens (including phenoxy) is 2. The third-order valence-electron chi connectivity index (χ3n) is 6.77. The summed E-state index contributed by atoms with van der Waals surface area (Å²) in [6, 6.07) is 26.0. The SMILES string of the molecule is COc1ccc(N2CC(C(=O)Oc3ccc(C)cc3)CC2=O)cc1NC(=O)c1cccc(-c2ccc(O)cc2)c1. The number of phenolic OH excluding ortho intramolecular Hbond substituents is 1. The summed E-state index contributed by atoms with van der Waals surface area (Å²) in [7, 11) is 1.49. The van der Waals surface area contributed by atoms with Gasteiger partial charge >= 0.3 is 5.97 Å². The number of hydrogen-bond acceptors (Lipinski definition) is 6. The van der Waals surface area contributed by atoms with Crippen LogP contribution in [0.15, 0.2) is 91.0 Å². The molecule has 4 aromatic rings. The van der Waals surface area contributed by atoms with Crippen LogP contribution in [0.4, 0.5) is 11.4 Å². The summed E-state index contributed by atoms with van der Waals surface area (Å²) in [6.45, 7) is 2.11. The number of carbonyl (C=O) groups is 3. The van der Waals surface area contributed by atoms with Gasteiger partial charge in [0.15, 0.2) is 0 Å². The lowest BCUT2D eigenvalue weighted by atomic mass is 10.0. The van der Waals surface area contributed by atoms with Gasteiger partial charge in [-0.2, -0.15) is 0 Å². The number of methoxy groups -OCH3 is 1. The molecule has 0 aromatic heterocycles. The Hall–Kier alpha value is -5.11. The number of amides is 2. The summed E-state index contributed by atoms with van der Waals surface area (Å²) in [5.74, 6) is -0.625. The van der Waals surface area contributed by atoms with E-state index in [0.717, 1.165) is 16.7 Å². The maximum absolute atomic E-state index is 13.2. The summed E-state index contributed by atoms with van der Waals surface area (Å²) >= 11 is 0. The van der Waals surface area contributed by atoms with Crippen molar-refractivity contribution in [1.29, 1.82) is 0 Å². The summed E-state index contributed by atoms with van der Waals surface area (Å²) in [6.07, 6.45) is 0.0302. The van der Waals surface area contributed by atoms with Crippen molar-refractivity contribution in [3.05, 3.63) is 102 Å². The lowest BCUT2D eigenvalue weighted by molar-refractivity contribution is -0.139. The lowest BCUT2D eigenvalue weighted by Gasteiger charge is -2.19. The molecular weight excluding hydrogens is 508 g/mol. The van der Waals surface area contributed by atoms with Crippen molar-refractivity contribution >= 4 is 29.2 Å². The summed E-state index contributed by atoms with van der Waals surface area (Å²) in [5.41, 5.74) is 4.07. The van der Waals surface area contributed by atoms with Gasteiger partial charge in [-0.05, 0) is 72.6 Å². The van der Waals surface area contributed by atoms with Crippen LogP contribution in [-0.4, -0.2) is 36.5 Å².